The van der Waals surface area contributed by atoms with E-state index in [1.807, 2.05) is 11.4 Å². The molecule has 1 aromatic heterocycles. The highest BCUT2D eigenvalue weighted by molar-refractivity contribution is 7.10. The Labute approximate surface area is 111 Å². The molecular weight excluding hydrogens is 256 g/mol. The summed E-state index contributed by atoms with van der Waals surface area (Å²) in [4.78, 5) is 12.4. The van der Waals surface area contributed by atoms with E-state index in [0.717, 1.165) is 29.2 Å². The van der Waals surface area contributed by atoms with E-state index in [1.54, 1.807) is 11.3 Å². The highest BCUT2D eigenvalue weighted by Gasteiger charge is 2.40. The summed E-state index contributed by atoms with van der Waals surface area (Å²) >= 11 is 7.74. The lowest BCUT2D eigenvalue weighted by Gasteiger charge is -2.38. The van der Waals surface area contributed by atoms with E-state index in [-0.39, 0.29) is 17.3 Å². The fraction of sp³-hybridized carbons (Fsp3) is 0.615. The minimum Gasteiger partial charge on any atom is -0.481 e. The molecule has 1 heterocycles. The fourth-order valence-electron chi connectivity index (χ4n) is 2.73. The van der Waals surface area contributed by atoms with Crippen LogP contribution in [-0.2, 0) is 4.79 Å². The molecule has 1 saturated carbocycles. The normalized spacial score (nSPS) is 27.9. The van der Waals surface area contributed by atoms with Crippen molar-refractivity contribution in [1.82, 2.24) is 0 Å². The summed E-state index contributed by atoms with van der Waals surface area (Å²) in [6, 6.07) is 1.86. The van der Waals surface area contributed by atoms with Gasteiger partial charge in [0.05, 0.1) is 10.9 Å². The number of aliphatic carboxylic acids is 1. The Hall–Kier alpha value is -0.540. The molecule has 0 amide bonds. The molecule has 2 rings (SSSR count). The molecule has 94 valence electrons. The first-order valence-corrected chi connectivity index (χ1v) is 7.12. The van der Waals surface area contributed by atoms with Gasteiger partial charge in [-0.1, -0.05) is 25.4 Å². The largest absolute Gasteiger partial charge is 0.481 e. The van der Waals surface area contributed by atoms with Crippen molar-refractivity contribution in [1.29, 1.82) is 0 Å². The number of carboxylic acids is 1. The van der Waals surface area contributed by atoms with Crippen LogP contribution in [0.15, 0.2) is 11.4 Å². The summed E-state index contributed by atoms with van der Waals surface area (Å²) in [5, 5.41) is 12.0. The molecule has 1 aromatic rings. The molecule has 0 radical (unpaired) electrons. The molecule has 0 spiro atoms. The van der Waals surface area contributed by atoms with Gasteiger partial charge in [0.1, 0.15) is 0 Å². The lowest BCUT2D eigenvalue weighted by molar-refractivity contribution is -0.144. The minimum atomic E-state index is -0.685. The maximum absolute atomic E-state index is 11.3. The minimum absolute atomic E-state index is 0.0729. The van der Waals surface area contributed by atoms with Gasteiger partial charge in [-0.25, -0.2) is 0 Å². The molecule has 0 saturated heterocycles. The predicted octanol–water partition coefficient (Wildman–Crippen LogP) is 4.40. The predicted molar refractivity (Wildman–Crippen MR) is 70.8 cm³/mol. The van der Waals surface area contributed by atoms with Gasteiger partial charge in [-0.2, -0.15) is 0 Å². The third kappa shape index (κ3) is 2.66. The quantitative estimate of drug-likeness (QED) is 0.867. The van der Waals surface area contributed by atoms with Crippen LogP contribution >= 0.6 is 22.9 Å². The Morgan fingerprint density at radius 3 is 2.82 bits per heavy atom. The maximum Gasteiger partial charge on any atom is 0.307 e. The molecule has 1 N–H and O–H groups in total. The lowest BCUT2D eigenvalue weighted by atomic mass is 9.67. The van der Waals surface area contributed by atoms with E-state index in [0.29, 0.717) is 0 Å². The van der Waals surface area contributed by atoms with Gasteiger partial charge < -0.3 is 5.11 Å². The maximum atomic E-state index is 11.3. The molecule has 0 aliphatic heterocycles. The van der Waals surface area contributed by atoms with E-state index < -0.39 is 5.97 Å². The summed E-state index contributed by atoms with van der Waals surface area (Å²) < 4.78 is 0. The lowest BCUT2D eigenvalue weighted by Crippen LogP contribution is -2.32. The zero-order chi connectivity index (χ0) is 12.6. The van der Waals surface area contributed by atoms with Gasteiger partial charge in [0.25, 0.3) is 0 Å². The van der Waals surface area contributed by atoms with Gasteiger partial charge in [-0.15, -0.1) is 11.3 Å². The van der Waals surface area contributed by atoms with Crippen molar-refractivity contribution in [2.75, 3.05) is 0 Å². The van der Waals surface area contributed by atoms with Crippen molar-refractivity contribution < 1.29 is 9.90 Å². The van der Waals surface area contributed by atoms with Gasteiger partial charge in [0.15, 0.2) is 0 Å². The number of carbonyl (C=O) groups is 1. The van der Waals surface area contributed by atoms with Crippen molar-refractivity contribution in [3.63, 3.8) is 0 Å². The second-order valence-corrected chi connectivity index (χ2v) is 6.95. The van der Waals surface area contributed by atoms with Crippen molar-refractivity contribution in [2.24, 2.45) is 11.3 Å². The molecule has 2 nitrogen and oxygen atoms in total. The SMILES string of the molecule is CC1(C)CCC(C(=O)O)C(c2sccc2Cl)C1. The summed E-state index contributed by atoms with van der Waals surface area (Å²) in [6.45, 7) is 4.42. The Morgan fingerprint density at radius 2 is 2.29 bits per heavy atom. The molecule has 2 atom stereocenters. The van der Waals surface area contributed by atoms with Crippen LogP contribution in [0.3, 0.4) is 0 Å². The van der Waals surface area contributed by atoms with E-state index in [2.05, 4.69) is 13.8 Å². The summed E-state index contributed by atoms with van der Waals surface area (Å²) in [6.07, 6.45) is 2.63. The van der Waals surface area contributed by atoms with E-state index in [1.165, 1.54) is 0 Å². The average Bonchev–Trinajstić information content (AvgIpc) is 2.62. The Morgan fingerprint density at radius 1 is 1.59 bits per heavy atom. The topological polar surface area (TPSA) is 37.3 Å². The zero-order valence-corrected chi connectivity index (χ0v) is 11.6. The Kier molecular flexibility index (Phi) is 3.50. The third-order valence-corrected chi connectivity index (χ3v) is 5.18. The van der Waals surface area contributed by atoms with Gasteiger partial charge >= 0.3 is 5.97 Å². The number of rotatable bonds is 2. The van der Waals surface area contributed by atoms with Crippen LogP contribution in [0.4, 0.5) is 0 Å². The fourth-order valence-corrected chi connectivity index (χ4v) is 4.09. The summed E-state index contributed by atoms with van der Waals surface area (Å²) in [5.41, 5.74) is 0.212. The van der Waals surface area contributed by atoms with Crippen molar-refractivity contribution in [3.05, 3.63) is 21.3 Å². The van der Waals surface area contributed by atoms with Crippen LogP contribution in [0, 0.1) is 11.3 Å². The van der Waals surface area contributed by atoms with Crippen LogP contribution in [0.25, 0.3) is 0 Å². The van der Waals surface area contributed by atoms with Crippen LogP contribution in [-0.4, -0.2) is 11.1 Å². The van der Waals surface area contributed by atoms with Gasteiger partial charge in [0.2, 0.25) is 0 Å². The molecule has 1 aliphatic rings. The highest BCUT2D eigenvalue weighted by atomic mass is 35.5. The van der Waals surface area contributed by atoms with Crippen molar-refractivity contribution >= 4 is 28.9 Å². The molecule has 2 unspecified atom stereocenters. The highest BCUT2D eigenvalue weighted by Crippen LogP contribution is 2.49. The van der Waals surface area contributed by atoms with Crippen LogP contribution in [0.2, 0.25) is 5.02 Å². The van der Waals surface area contributed by atoms with Crippen LogP contribution in [0.1, 0.15) is 43.9 Å². The zero-order valence-electron chi connectivity index (χ0n) is 10.1. The molecule has 1 fully saturated rings. The van der Waals surface area contributed by atoms with Crippen molar-refractivity contribution in [3.8, 4) is 0 Å². The second kappa shape index (κ2) is 4.62. The molecule has 1 aliphatic carbocycles. The van der Waals surface area contributed by atoms with Gasteiger partial charge in [0, 0.05) is 10.8 Å². The molecule has 17 heavy (non-hydrogen) atoms. The van der Waals surface area contributed by atoms with E-state index >= 15 is 0 Å². The summed E-state index contributed by atoms with van der Waals surface area (Å²) in [7, 11) is 0. The Bertz CT molecular complexity index is 425. The number of hydrogen-bond donors (Lipinski definition) is 1. The molecule has 0 bridgehead atoms. The van der Waals surface area contributed by atoms with Crippen molar-refractivity contribution in [2.45, 2.75) is 39.0 Å². The number of thiophene rings is 1. The van der Waals surface area contributed by atoms with Crippen LogP contribution in [0.5, 0.6) is 0 Å². The van der Waals surface area contributed by atoms with Crippen LogP contribution < -0.4 is 0 Å². The van der Waals surface area contributed by atoms with Gasteiger partial charge in [-0.3, -0.25) is 4.79 Å². The molecule has 4 heteroatoms. The first-order chi connectivity index (χ1) is 7.91. The van der Waals surface area contributed by atoms with Gasteiger partial charge in [-0.05, 0) is 36.1 Å². The standard InChI is InChI=1S/C13H17ClO2S/c1-13(2)5-3-8(12(15)16)9(7-13)11-10(14)4-6-17-11/h4,6,8-9H,3,5,7H2,1-2H3,(H,15,16). The molecular formula is C13H17ClO2S. The number of hydrogen-bond acceptors (Lipinski definition) is 2. The first-order valence-electron chi connectivity index (χ1n) is 5.86. The smallest absolute Gasteiger partial charge is 0.307 e. The number of carboxylic acid groups (broad SMARTS) is 1. The average molecular weight is 273 g/mol. The van der Waals surface area contributed by atoms with E-state index in [4.69, 9.17) is 11.6 Å². The number of halogens is 1. The Balaban J connectivity index is 2.32. The molecule has 0 aromatic carbocycles. The third-order valence-electron chi connectivity index (χ3n) is 3.69. The monoisotopic (exact) mass is 272 g/mol. The first kappa shape index (κ1) is 12.9. The second-order valence-electron chi connectivity index (χ2n) is 5.59. The van der Waals surface area contributed by atoms with E-state index in [9.17, 15) is 9.90 Å². The summed E-state index contributed by atoms with van der Waals surface area (Å²) in [5.74, 6) is -0.891.